The van der Waals surface area contributed by atoms with E-state index in [2.05, 4.69) is 34.4 Å². The third-order valence-electron chi connectivity index (χ3n) is 4.40. The molecule has 0 aliphatic carbocycles. The summed E-state index contributed by atoms with van der Waals surface area (Å²) >= 11 is 1.77. The Bertz CT molecular complexity index is 391. The van der Waals surface area contributed by atoms with Gasteiger partial charge in [0.15, 0.2) is 0 Å². The molecule has 2 unspecified atom stereocenters. The molecule has 0 radical (unpaired) electrons. The zero-order valence-corrected chi connectivity index (χ0v) is 12.2. The summed E-state index contributed by atoms with van der Waals surface area (Å²) in [5.74, 6) is 0. The molecule has 0 amide bonds. The summed E-state index contributed by atoms with van der Waals surface area (Å²) in [6.45, 7) is 6.55. The first-order valence-corrected chi connectivity index (χ1v) is 8.03. The van der Waals surface area contributed by atoms with Crippen LogP contribution in [0, 0.1) is 6.92 Å². The molecule has 18 heavy (non-hydrogen) atoms. The van der Waals surface area contributed by atoms with Crippen molar-refractivity contribution < 1.29 is 0 Å². The van der Waals surface area contributed by atoms with Crippen LogP contribution in [0.15, 0.2) is 5.38 Å². The number of aryl methyl sites for hydroxylation is 1. The van der Waals surface area contributed by atoms with Crippen LogP contribution in [-0.2, 0) is 6.54 Å². The summed E-state index contributed by atoms with van der Waals surface area (Å²) in [6.07, 6.45) is 5.42. The first-order chi connectivity index (χ1) is 8.74. The third-order valence-corrected chi connectivity index (χ3v) is 5.22. The van der Waals surface area contributed by atoms with Crippen LogP contribution in [0.25, 0.3) is 0 Å². The van der Waals surface area contributed by atoms with Gasteiger partial charge in [0.25, 0.3) is 0 Å². The average Bonchev–Trinajstić information content (AvgIpc) is 2.92. The number of thiazole rings is 1. The van der Waals surface area contributed by atoms with Gasteiger partial charge in [0.2, 0.25) is 0 Å². The van der Waals surface area contributed by atoms with Crippen molar-refractivity contribution in [2.24, 2.45) is 0 Å². The van der Waals surface area contributed by atoms with Crippen molar-refractivity contribution in [2.75, 3.05) is 6.54 Å². The normalized spacial score (nSPS) is 31.2. The summed E-state index contributed by atoms with van der Waals surface area (Å²) in [7, 11) is 0. The van der Waals surface area contributed by atoms with E-state index >= 15 is 0 Å². The highest BCUT2D eigenvalue weighted by atomic mass is 32.1. The van der Waals surface area contributed by atoms with E-state index < -0.39 is 0 Å². The van der Waals surface area contributed by atoms with Crippen LogP contribution in [0.1, 0.15) is 43.3 Å². The van der Waals surface area contributed by atoms with Crippen LogP contribution in [0.3, 0.4) is 0 Å². The van der Waals surface area contributed by atoms with E-state index in [9.17, 15) is 0 Å². The Kier molecular flexibility index (Phi) is 3.68. The third kappa shape index (κ3) is 2.60. The van der Waals surface area contributed by atoms with E-state index in [0.29, 0.717) is 0 Å². The minimum absolute atomic E-state index is 0.760. The van der Waals surface area contributed by atoms with E-state index in [1.54, 1.807) is 11.3 Å². The lowest BCUT2D eigenvalue weighted by molar-refractivity contribution is 0.139. The molecule has 0 saturated carbocycles. The zero-order chi connectivity index (χ0) is 12.5. The van der Waals surface area contributed by atoms with Crippen LogP contribution in [0.2, 0.25) is 0 Å². The van der Waals surface area contributed by atoms with Gasteiger partial charge in [0.1, 0.15) is 0 Å². The number of piperidine rings is 1. The van der Waals surface area contributed by atoms with Gasteiger partial charge in [-0.3, -0.25) is 4.90 Å². The van der Waals surface area contributed by atoms with Gasteiger partial charge < -0.3 is 5.32 Å². The second kappa shape index (κ2) is 5.27. The highest BCUT2D eigenvalue weighted by Crippen LogP contribution is 2.30. The van der Waals surface area contributed by atoms with Crippen molar-refractivity contribution in [1.82, 2.24) is 15.2 Å². The molecule has 0 spiro atoms. The smallest absolute Gasteiger partial charge is 0.0897 e. The van der Waals surface area contributed by atoms with Gasteiger partial charge in [0, 0.05) is 30.1 Å². The average molecular weight is 265 g/mol. The highest BCUT2D eigenvalue weighted by molar-refractivity contribution is 7.09. The molecular formula is C14H23N3S. The minimum atomic E-state index is 0.760. The van der Waals surface area contributed by atoms with Crippen LogP contribution in [0.5, 0.6) is 0 Å². The van der Waals surface area contributed by atoms with Gasteiger partial charge in [-0.05, 0) is 39.2 Å². The number of rotatable bonds is 4. The molecule has 2 aliphatic heterocycles. The van der Waals surface area contributed by atoms with E-state index in [1.165, 1.54) is 36.4 Å². The van der Waals surface area contributed by atoms with E-state index in [1.807, 2.05) is 0 Å². The first-order valence-electron chi connectivity index (χ1n) is 7.15. The Labute approximate surface area is 114 Å². The largest absolute Gasteiger partial charge is 0.311 e. The van der Waals surface area contributed by atoms with Crippen LogP contribution >= 0.6 is 11.3 Å². The second-order valence-electron chi connectivity index (χ2n) is 5.68. The number of fused-ring (bicyclic) bond motifs is 2. The minimum Gasteiger partial charge on any atom is -0.311 e. The van der Waals surface area contributed by atoms with Crippen molar-refractivity contribution >= 4 is 11.3 Å². The van der Waals surface area contributed by atoms with Gasteiger partial charge in [-0.2, -0.15) is 0 Å². The van der Waals surface area contributed by atoms with Gasteiger partial charge in [-0.15, -0.1) is 11.3 Å². The lowest BCUT2D eigenvalue weighted by Gasteiger charge is -2.37. The quantitative estimate of drug-likeness (QED) is 0.907. The molecule has 1 aromatic rings. The maximum absolute atomic E-state index is 4.61. The molecule has 3 heterocycles. The number of hydrogen-bond acceptors (Lipinski definition) is 4. The fourth-order valence-corrected chi connectivity index (χ4v) is 4.12. The van der Waals surface area contributed by atoms with Crippen molar-refractivity contribution in [3.63, 3.8) is 0 Å². The van der Waals surface area contributed by atoms with Crippen LogP contribution in [-0.4, -0.2) is 34.6 Å². The van der Waals surface area contributed by atoms with Crippen molar-refractivity contribution in [3.05, 3.63) is 16.1 Å². The predicted octanol–water partition coefficient (Wildman–Crippen LogP) is 2.56. The summed E-state index contributed by atoms with van der Waals surface area (Å²) in [6, 6.07) is 2.32. The molecule has 3 nitrogen and oxygen atoms in total. The molecule has 2 aliphatic rings. The van der Waals surface area contributed by atoms with Gasteiger partial charge in [0.05, 0.1) is 10.7 Å². The molecule has 3 rings (SSSR count). The lowest BCUT2D eigenvalue weighted by atomic mass is 9.98. The van der Waals surface area contributed by atoms with Gasteiger partial charge in [-0.25, -0.2) is 4.98 Å². The summed E-state index contributed by atoms with van der Waals surface area (Å²) < 4.78 is 0. The second-order valence-corrected chi connectivity index (χ2v) is 6.75. The van der Waals surface area contributed by atoms with E-state index in [0.717, 1.165) is 31.2 Å². The molecule has 2 saturated heterocycles. The molecular weight excluding hydrogens is 242 g/mol. The lowest BCUT2D eigenvalue weighted by Crippen LogP contribution is -2.47. The van der Waals surface area contributed by atoms with E-state index in [4.69, 9.17) is 0 Å². The zero-order valence-electron chi connectivity index (χ0n) is 11.4. The van der Waals surface area contributed by atoms with E-state index in [-0.39, 0.29) is 0 Å². The van der Waals surface area contributed by atoms with Crippen molar-refractivity contribution in [1.29, 1.82) is 0 Å². The molecule has 2 bridgehead atoms. The Hall–Kier alpha value is -0.450. The SMILES string of the molecule is CCN(Cc1csc(C)n1)C1CC2CCC(C1)N2. The topological polar surface area (TPSA) is 28.2 Å². The van der Waals surface area contributed by atoms with Gasteiger partial charge in [-0.1, -0.05) is 6.92 Å². The standard InChI is InChI=1S/C14H23N3S/c1-3-17(8-13-9-18-10(2)15-13)14-6-11-4-5-12(7-14)16-11/h9,11-12,14,16H,3-8H2,1-2H3. The number of aromatic nitrogens is 1. The molecule has 2 atom stereocenters. The maximum atomic E-state index is 4.61. The maximum Gasteiger partial charge on any atom is 0.0897 e. The Balaban J connectivity index is 1.65. The predicted molar refractivity (Wildman–Crippen MR) is 75.9 cm³/mol. The van der Waals surface area contributed by atoms with Crippen molar-refractivity contribution in [3.8, 4) is 0 Å². The summed E-state index contributed by atoms with van der Waals surface area (Å²) in [5.41, 5.74) is 1.25. The Morgan fingerprint density at radius 1 is 1.39 bits per heavy atom. The number of nitrogens with zero attached hydrogens (tertiary/aromatic N) is 2. The highest BCUT2D eigenvalue weighted by Gasteiger charge is 2.35. The molecule has 4 heteroatoms. The van der Waals surface area contributed by atoms with Crippen molar-refractivity contribution in [2.45, 2.75) is 64.2 Å². The Morgan fingerprint density at radius 2 is 2.11 bits per heavy atom. The molecule has 0 aromatic carbocycles. The Morgan fingerprint density at radius 3 is 2.67 bits per heavy atom. The molecule has 1 N–H and O–H groups in total. The first kappa shape index (κ1) is 12.6. The summed E-state index contributed by atoms with van der Waals surface area (Å²) in [5, 5.41) is 7.13. The molecule has 1 aromatic heterocycles. The van der Waals surface area contributed by atoms with Gasteiger partial charge >= 0.3 is 0 Å². The number of nitrogens with one attached hydrogen (secondary N) is 1. The number of hydrogen-bond donors (Lipinski definition) is 1. The fraction of sp³-hybridized carbons (Fsp3) is 0.786. The summed E-state index contributed by atoms with van der Waals surface area (Å²) in [4.78, 5) is 7.23. The monoisotopic (exact) mass is 265 g/mol. The van der Waals surface area contributed by atoms with Crippen LogP contribution < -0.4 is 5.32 Å². The molecule has 2 fully saturated rings. The fourth-order valence-electron chi connectivity index (χ4n) is 3.51. The van der Waals surface area contributed by atoms with Crippen LogP contribution in [0.4, 0.5) is 0 Å². The molecule has 100 valence electrons.